The molecule has 1 aromatic rings. The van der Waals surface area contributed by atoms with Crippen LogP contribution in [0, 0.1) is 5.92 Å². The SMILES string of the molecule is CCc1ccc(N2CC(C(=O)N3CCOCC3CC(C)=O)CC2=O)cc1. The van der Waals surface area contributed by atoms with E-state index in [0.29, 0.717) is 32.7 Å². The van der Waals surface area contributed by atoms with Gasteiger partial charge in [-0.3, -0.25) is 14.4 Å². The van der Waals surface area contributed by atoms with Gasteiger partial charge in [0.05, 0.1) is 25.2 Å². The Morgan fingerprint density at radius 2 is 1.96 bits per heavy atom. The van der Waals surface area contributed by atoms with Crippen molar-refractivity contribution in [2.45, 2.75) is 39.2 Å². The fourth-order valence-corrected chi connectivity index (χ4v) is 3.71. The summed E-state index contributed by atoms with van der Waals surface area (Å²) >= 11 is 0. The van der Waals surface area contributed by atoms with E-state index in [1.165, 1.54) is 12.5 Å². The van der Waals surface area contributed by atoms with E-state index in [2.05, 4.69) is 6.92 Å². The lowest BCUT2D eigenvalue weighted by molar-refractivity contribution is -0.145. The standard InChI is InChI=1S/C20H26N2O4/c1-3-15-4-6-17(7-5-15)22-12-16(11-19(22)24)20(25)21-8-9-26-13-18(21)10-14(2)23/h4-7,16,18H,3,8-13H2,1-2H3. The van der Waals surface area contributed by atoms with Gasteiger partial charge in [-0.25, -0.2) is 0 Å². The number of Topliss-reactive ketones (excluding diaryl/α,β-unsaturated/α-hetero) is 1. The molecule has 6 nitrogen and oxygen atoms in total. The Kier molecular flexibility index (Phi) is 5.71. The average molecular weight is 358 g/mol. The molecule has 2 fully saturated rings. The summed E-state index contributed by atoms with van der Waals surface area (Å²) in [5.41, 5.74) is 2.05. The first-order valence-corrected chi connectivity index (χ1v) is 9.26. The van der Waals surface area contributed by atoms with Crippen LogP contribution in [-0.2, 0) is 25.5 Å². The molecule has 2 aliphatic rings. The van der Waals surface area contributed by atoms with Crippen molar-refractivity contribution in [2.24, 2.45) is 5.92 Å². The van der Waals surface area contributed by atoms with Crippen molar-refractivity contribution in [2.75, 3.05) is 31.2 Å². The summed E-state index contributed by atoms with van der Waals surface area (Å²) in [5, 5.41) is 0. The Balaban J connectivity index is 1.70. The molecule has 2 unspecified atom stereocenters. The Morgan fingerprint density at radius 1 is 1.23 bits per heavy atom. The minimum atomic E-state index is -0.360. The number of ether oxygens (including phenoxy) is 1. The van der Waals surface area contributed by atoms with Gasteiger partial charge in [-0.15, -0.1) is 0 Å². The highest BCUT2D eigenvalue weighted by Crippen LogP contribution is 2.28. The number of ketones is 1. The van der Waals surface area contributed by atoms with E-state index in [9.17, 15) is 14.4 Å². The van der Waals surface area contributed by atoms with Gasteiger partial charge in [0.2, 0.25) is 11.8 Å². The van der Waals surface area contributed by atoms with Crippen molar-refractivity contribution < 1.29 is 19.1 Å². The van der Waals surface area contributed by atoms with Gasteiger partial charge in [0.1, 0.15) is 5.78 Å². The summed E-state index contributed by atoms with van der Waals surface area (Å²) in [6.07, 6.45) is 1.47. The van der Waals surface area contributed by atoms with E-state index >= 15 is 0 Å². The molecule has 2 aliphatic heterocycles. The summed E-state index contributed by atoms with van der Waals surface area (Å²) in [7, 11) is 0. The van der Waals surface area contributed by atoms with Crippen LogP contribution in [-0.4, -0.2) is 54.8 Å². The second kappa shape index (κ2) is 7.99. The molecular formula is C20H26N2O4. The zero-order chi connectivity index (χ0) is 18.7. The van der Waals surface area contributed by atoms with E-state index in [0.717, 1.165) is 12.1 Å². The van der Waals surface area contributed by atoms with Crippen LogP contribution in [0.2, 0.25) is 0 Å². The van der Waals surface area contributed by atoms with Crippen LogP contribution in [0.3, 0.4) is 0 Å². The lowest BCUT2D eigenvalue weighted by Gasteiger charge is -2.36. The molecule has 140 valence electrons. The van der Waals surface area contributed by atoms with Crippen LogP contribution in [0.15, 0.2) is 24.3 Å². The number of morpholine rings is 1. The van der Waals surface area contributed by atoms with Crippen LogP contribution < -0.4 is 4.90 Å². The molecule has 0 aliphatic carbocycles. The number of hydrogen-bond donors (Lipinski definition) is 0. The Bertz CT molecular complexity index is 686. The molecule has 0 aromatic heterocycles. The van der Waals surface area contributed by atoms with Crippen molar-refractivity contribution in [3.8, 4) is 0 Å². The monoisotopic (exact) mass is 358 g/mol. The number of aryl methyl sites for hydroxylation is 1. The fourth-order valence-electron chi connectivity index (χ4n) is 3.71. The molecule has 1 aromatic carbocycles. The van der Waals surface area contributed by atoms with Crippen LogP contribution in [0.4, 0.5) is 5.69 Å². The highest BCUT2D eigenvalue weighted by molar-refractivity contribution is 6.00. The number of benzene rings is 1. The number of hydrogen-bond acceptors (Lipinski definition) is 4. The van der Waals surface area contributed by atoms with Gasteiger partial charge in [0.15, 0.2) is 0 Å². The molecule has 2 heterocycles. The Hall–Kier alpha value is -2.21. The molecule has 26 heavy (non-hydrogen) atoms. The van der Waals surface area contributed by atoms with Crippen molar-refractivity contribution in [1.82, 2.24) is 4.90 Å². The third kappa shape index (κ3) is 3.96. The van der Waals surface area contributed by atoms with Crippen LogP contribution in [0.5, 0.6) is 0 Å². The zero-order valence-electron chi connectivity index (χ0n) is 15.4. The minimum Gasteiger partial charge on any atom is -0.377 e. The number of anilines is 1. The van der Waals surface area contributed by atoms with E-state index < -0.39 is 0 Å². The predicted molar refractivity (Wildman–Crippen MR) is 97.9 cm³/mol. The number of nitrogens with zero attached hydrogens (tertiary/aromatic N) is 2. The van der Waals surface area contributed by atoms with Gasteiger partial charge < -0.3 is 14.5 Å². The van der Waals surface area contributed by atoms with Crippen LogP contribution >= 0.6 is 0 Å². The van der Waals surface area contributed by atoms with Crippen LogP contribution in [0.1, 0.15) is 32.3 Å². The number of carbonyl (C=O) groups is 3. The fraction of sp³-hybridized carbons (Fsp3) is 0.550. The topological polar surface area (TPSA) is 66.9 Å². The molecular weight excluding hydrogens is 332 g/mol. The Labute approximate surface area is 154 Å². The second-order valence-electron chi connectivity index (χ2n) is 7.09. The van der Waals surface area contributed by atoms with Crippen molar-refractivity contribution >= 4 is 23.3 Å². The van der Waals surface area contributed by atoms with E-state index in [4.69, 9.17) is 4.74 Å². The van der Waals surface area contributed by atoms with E-state index in [1.54, 1.807) is 9.80 Å². The number of carbonyl (C=O) groups excluding carboxylic acids is 3. The molecule has 0 N–H and O–H groups in total. The number of amides is 2. The molecule has 2 atom stereocenters. The quantitative estimate of drug-likeness (QED) is 0.805. The first-order valence-electron chi connectivity index (χ1n) is 9.26. The zero-order valence-corrected chi connectivity index (χ0v) is 15.4. The number of rotatable bonds is 5. The van der Waals surface area contributed by atoms with Crippen molar-refractivity contribution in [3.05, 3.63) is 29.8 Å². The minimum absolute atomic E-state index is 0.0241. The maximum absolute atomic E-state index is 13.0. The third-order valence-electron chi connectivity index (χ3n) is 5.16. The highest BCUT2D eigenvalue weighted by Gasteiger charge is 2.39. The molecule has 3 rings (SSSR count). The average Bonchev–Trinajstić information content (AvgIpc) is 3.03. The molecule has 0 saturated carbocycles. The molecule has 2 amide bonds. The van der Waals surface area contributed by atoms with Crippen LogP contribution in [0.25, 0.3) is 0 Å². The molecule has 0 spiro atoms. The molecule has 6 heteroatoms. The van der Waals surface area contributed by atoms with Crippen molar-refractivity contribution in [1.29, 1.82) is 0 Å². The maximum Gasteiger partial charge on any atom is 0.228 e. The molecule has 0 radical (unpaired) electrons. The third-order valence-corrected chi connectivity index (χ3v) is 5.16. The van der Waals surface area contributed by atoms with Crippen molar-refractivity contribution in [3.63, 3.8) is 0 Å². The van der Waals surface area contributed by atoms with Gasteiger partial charge in [0.25, 0.3) is 0 Å². The van der Waals surface area contributed by atoms with Gasteiger partial charge in [-0.05, 0) is 31.0 Å². The lowest BCUT2D eigenvalue weighted by Crippen LogP contribution is -2.51. The summed E-state index contributed by atoms with van der Waals surface area (Å²) in [6.45, 7) is 5.35. The highest BCUT2D eigenvalue weighted by atomic mass is 16.5. The van der Waals surface area contributed by atoms with Gasteiger partial charge in [0, 0.05) is 31.6 Å². The lowest BCUT2D eigenvalue weighted by atomic mass is 10.0. The largest absolute Gasteiger partial charge is 0.377 e. The van der Waals surface area contributed by atoms with E-state index in [1.807, 2.05) is 24.3 Å². The normalized spacial score (nSPS) is 23.4. The predicted octanol–water partition coefficient (Wildman–Crippen LogP) is 1.81. The smallest absolute Gasteiger partial charge is 0.228 e. The molecule has 2 saturated heterocycles. The first kappa shape index (κ1) is 18.6. The van der Waals surface area contributed by atoms with Gasteiger partial charge in [-0.1, -0.05) is 19.1 Å². The van der Waals surface area contributed by atoms with E-state index in [-0.39, 0.29) is 36.0 Å². The maximum atomic E-state index is 13.0. The first-order chi connectivity index (χ1) is 12.5. The van der Waals surface area contributed by atoms with Gasteiger partial charge in [-0.2, -0.15) is 0 Å². The summed E-state index contributed by atoms with van der Waals surface area (Å²) in [4.78, 5) is 40.4. The summed E-state index contributed by atoms with van der Waals surface area (Å²) in [5.74, 6) is -0.385. The summed E-state index contributed by atoms with van der Waals surface area (Å²) in [6, 6.07) is 7.70. The Morgan fingerprint density at radius 3 is 2.62 bits per heavy atom. The molecule has 0 bridgehead atoms. The second-order valence-corrected chi connectivity index (χ2v) is 7.09. The summed E-state index contributed by atoms with van der Waals surface area (Å²) < 4.78 is 5.44. The van der Waals surface area contributed by atoms with Gasteiger partial charge >= 0.3 is 0 Å².